The smallest absolute Gasteiger partial charge is 0.309 e. The Kier molecular flexibility index (Phi) is 4.14. The summed E-state index contributed by atoms with van der Waals surface area (Å²) < 4.78 is 6.54. The second kappa shape index (κ2) is 5.16. The fourth-order valence-corrected chi connectivity index (χ4v) is 1.94. The van der Waals surface area contributed by atoms with Gasteiger partial charge in [0.05, 0.1) is 13.0 Å². The molecule has 0 N–H and O–H groups in total. The molecule has 0 aliphatic rings. The van der Waals surface area contributed by atoms with E-state index in [9.17, 15) is 4.79 Å². The number of rotatable bonds is 4. The van der Waals surface area contributed by atoms with Gasteiger partial charge >= 0.3 is 5.97 Å². The van der Waals surface area contributed by atoms with Crippen LogP contribution in [0.3, 0.4) is 0 Å². The molecule has 0 saturated carbocycles. The molecule has 5 nitrogen and oxygen atoms in total. The first kappa shape index (κ1) is 12.0. The van der Waals surface area contributed by atoms with Gasteiger partial charge in [0.25, 0.3) is 0 Å². The molecule has 0 aliphatic heterocycles. The van der Waals surface area contributed by atoms with Gasteiger partial charge in [0.2, 0.25) is 0 Å². The zero-order chi connectivity index (χ0) is 11.4. The number of aromatic nitrogens is 3. The lowest BCUT2D eigenvalue weighted by atomic mass is 10.2. The zero-order valence-corrected chi connectivity index (χ0v) is 10.2. The molecule has 0 spiro atoms. The van der Waals surface area contributed by atoms with E-state index in [0.29, 0.717) is 5.75 Å². The first-order valence-corrected chi connectivity index (χ1v) is 5.61. The summed E-state index contributed by atoms with van der Waals surface area (Å²) in [7, 11) is 3.30. The van der Waals surface area contributed by atoms with Gasteiger partial charge in [0.15, 0.2) is 5.16 Å². The molecule has 1 aromatic heterocycles. The van der Waals surface area contributed by atoms with Crippen LogP contribution in [0.1, 0.15) is 12.7 Å². The third-order valence-electron chi connectivity index (χ3n) is 2.12. The minimum atomic E-state index is -0.193. The number of aryl methyl sites for hydroxylation is 1. The van der Waals surface area contributed by atoms with Crippen LogP contribution in [0, 0.1) is 12.8 Å². The predicted octanol–water partition coefficient (Wildman–Crippen LogP) is 1.02. The lowest BCUT2D eigenvalue weighted by Gasteiger charge is -2.07. The maximum Gasteiger partial charge on any atom is 0.309 e. The van der Waals surface area contributed by atoms with E-state index in [1.165, 1.54) is 18.9 Å². The van der Waals surface area contributed by atoms with Gasteiger partial charge in [0.1, 0.15) is 5.82 Å². The third-order valence-corrected chi connectivity index (χ3v) is 3.40. The monoisotopic (exact) mass is 229 g/mol. The van der Waals surface area contributed by atoms with Crippen molar-refractivity contribution in [2.75, 3.05) is 12.9 Å². The number of thioether (sulfide) groups is 1. The van der Waals surface area contributed by atoms with E-state index in [2.05, 4.69) is 14.9 Å². The molecule has 1 aromatic rings. The molecule has 6 heteroatoms. The molecule has 0 bridgehead atoms. The number of esters is 1. The zero-order valence-electron chi connectivity index (χ0n) is 9.35. The summed E-state index contributed by atoms with van der Waals surface area (Å²) in [5.41, 5.74) is 0. The van der Waals surface area contributed by atoms with Crippen molar-refractivity contribution >= 4 is 17.7 Å². The molecule has 15 heavy (non-hydrogen) atoms. The number of carbonyl (C=O) groups excluding carboxylic acids is 1. The van der Waals surface area contributed by atoms with Crippen molar-refractivity contribution in [3.8, 4) is 0 Å². The van der Waals surface area contributed by atoms with Crippen LogP contribution < -0.4 is 0 Å². The molecule has 1 atom stereocenters. The van der Waals surface area contributed by atoms with Crippen molar-refractivity contribution in [3.63, 3.8) is 0 Å². The Hall–Kier alpha value is -1.04. The van der Waals surface area contributed by atoms with Crippen LogP contribution >= 0.6 is 11.8 Å². The fraction of sp³-hybridized carbons (Fsp3) is 0.667. The normalized spacial score (nSPS) is 12.5. The molecule has 0 radical (unpaired) electrons. The van der Waals surface area contributed by atoms with E-state index in [1.54, 1.807) is 0 Å². The van der Waals surface area contributed by atoms with E-state index in [4.69, 9.17) is 0 Å². The summed E-state index contributed by atoms with van der Waals surface area (Å²) in [5.74, 6) is 1.19. The molecular formula is C9H15N3O2S. The standard InChI is InChI=1S/C9H15N3O2S/c1-6(8(13)14-4)5-15-9-11-10-7(2)12(9)3/h6H,5H2,1-4H3. The van der Waals surface area contributed by atoms with E-state index >= 15 is 0 Å². The number of methoxy groups -OCH3 is 1. The molecule has 1 heterocycles. The maximum absolute atomic E-state index is 11.1. The van der Waals surface area contributed by atoms with Crippen molar-refractivity contribution in [2.45, 2.75) is 19.0 Å². The molecule has 0 amide bonds. The number of nitrogens with zero attached hydrogens (tertiary/aromatic N) is 3. The topological polar surface area (TPSA) is 57.0 Å². The van der Waals surface area contributed by atoms with E-state index in [-0.39, 0.29) is 11.9 Å². The average molecular weight is 229 g/mol. The van der Waals surface area contributed by atoms with Gasteiger partial charge in [-0.15, -0.1) is 10.2 Å². The van der Waals surface area contributed by atoms with Crippen LogP contribution in [-0.4, -0.2) is 33.6 Å². The van der Waals surface area contributed by atoms with Gasteiger partial charge in [-0.2, -0.15) is 0 Å². The SMILES string of the molecule is COC(=O)C(C)CSc1nnc(C)n1C. The van der Waals surface area contributed by atoms with Gasteiger partial charge in [-0.3, -0.25) is 4.79 Å². The third kappa shape index (κ3) is 2.95. The van der Waals surface area contributed by atoms with Crippen LogP contribution in [0.25, 0.3) is 0 Å². The number of hydrogen-bond acceptors (Lipinski definition) is 5. The largest absolute Gasteiger partial charge is 0.469 e. The summed E-state index contributed by atoms with van der Waals surface area (Å²) in [6.45, 7) is 3.73. The second-order valence-corrected chi connectivity index (χ2v) is 4.31. The van der Waals surface area contributed by atoms with Crippen LogP contribution in [0.15, 0.2) is 5.16 Å². The molecule has 1 unspecified atom stereocenters. The Morgan fingerprint density at radius 3 is 2.73 bits per heavy atom. The summed E-state index contributed by atoms with van der Waals surface area (Å²) in [6, 6.07) is 0. The molecule has 0 fully saturated rings. The fourth-order valence-electron chi connectivity index (χ4n) is 0.982. The Bertz CT molecular complexity index is 351. The van der Waals surface area contributed by atoms with Gasteiger partial charge in [0, 0.05) is 12.8 Å². The Morgan fingerprint density at radius 1 is 1.60 bits per heavy atom. The summed E-state index contributed by atoms with van der Waals surface area (Å²) in [5, 5.41) is 8.75. The van der Waals surface area contributed by atoms with Crippen LogP contribution in [0.4, 0.5) is 0 Å². The second-order valence-electron chi connectivity index (χ2n) is 3.32. The van der Waals surface area contributed by atoms with Gasteiger partial charge in [-0.1, -0.05) is 18.7 Å². The van der Waals surface area contributed by atoms with Gasteiger partial charge in [-0.05, 0) is 6.92 Å². The lowest BCUT2D eigenvalue weighted by molar-refractivity contribution is -0.143. The van der Waals surface area contributed by atoms with Crippen molar-refractivity contribution in [3.05, 3.63) is 5.82 Å². The van der Waals surface area contributed by atoms with E-state index in [1.807, 2.05) is 25.5 Å². The number of ether oxygens (including phenoxy) is 1. The van der Waals surface area contributed by atoms with Gasteiger partial charge < -0.3 is 9.30 Å². The van der Waals surface area contributed by atoms with Crippen molar-refractivity contribution in [1.29, 1.82) is 0 Å². The minimum Gasteiger partial charge on any atom is -0.469 e. The average Bonchev–Trinajstić information content (AvgIpc) is 2.55. The summed E-state index contributed by atoms with van der Waals surface area (Å²) in [6.07, 6.45) is 0. The van der Waals surface area contributed by atoms with E-state index < -0.39 is 0 Å². The highest BCUT2D eigenvalue weighted by molar-refractivity contribution is 7.99. The van der Waals surface area contributed by atoms with Crippen LogP contribution in [-0.2, 0) is 16.6 Å². The van der Waals surface area contributed by atoms with Crippen LogP contribution in [0.2, 0.25) is 0 Å². The van der Waals surface area contributed by atoms with Crippen LogP contribution in [0.5, 0.6) is 0 Å². The lowest BCUT2D eigenvalue weighted by Crippen LogP contribution is -2.15. The van der Waals surface area contributed by atoms with E-state index in [0.717, 1.165) is 11.0 Å². The number of hydrogen-bond donors (Lipinski definition) is 0. The molecular weight excluding hydrogens is 214 g/mol. The van der Waals surface area contributed by atoms with Crippen molar-refractivity contribution in [2.24, 2.45) is 13.0 Å². The Morgan fingerprint density at radius 2 is 2.27 bits per heavy atom. The Balaban J connectivity index is 2.50. The van der Waals surface area contributed by atoms with Crippen molar-refractivity contribution < 1.29 is 9.53 Å². The van der Waals surface area contributed by atoms with Crippen molar-refractivity contribution in [1.82, 2.24) is 14.8 Å². The quantitative estimate of drug-likeness (QED) is 0.570. The first-order valence-electron chi connectivity index (χ1n) is 4.63. The summed E-state index contributed by atoms with van der Waals surface area (Å²) in [4.78, 5) is 11.1. The van der Waals surface area contributed by atoms with Gasteiger partial charge in [-0.25, -0.2) is 0 Å². The molecule has 0 aromatic carbocycles. The Labute approximate surface area is 93.2 Å². The molecule has 0 aliphatic carbocycles. The molecule has 0 saturated heterocycles. The highest BCUT2D eigenvalue weighted by atomic mass is 32.2. The highest BCUT2D eigenvalue weighted by Gasteiger charge is 2.15. The maximum atomic E-state index is 11.1. The predicted molar refractivity (Wildman–Crippen MR) is 57.6 cm³/mol. The molecule has 84 valence electrons. The summed E-state index contributed by atoms with van der Waals surface area (Å²) >= 11 is 1.51. The first-order chi connectivity index (χ1) is 7.06. The highest BCUT2D eigenvalue weighted by Crippen LogP contribution is 2.18. The molecule has 1 rings (SSSR count). The number of carbonyl (C=O) groups is 1. The minimum absolute atomic E-state index is 0.128.